The molecule has 0 radical (unpaired) electrons. The summed E-state index contributed by atoms with van der Waals surface area (Å²) < 4.78 is 19.2. The van der Waals surface area contributed by atoms with Crippen LogP contribution in [-0.4, -0.2) is 79.1 Å². The fourth-order valence-electron chi connectivity index (χ4n) is 11.3. The second-order valence-electron chi connectivity index (χ2n) is 15.3. The van der Waals surface area contributed by atoms with Crippen LogP contribution in [-0.2, 0) is 15.1 Å². The SMILES string of the molecule is C[C@]12CC[C@H](OCCN3CCCC3)C[C@H]1CC[C@@H]1[C@@H]2CC[C@]2(C)[C@](OCCN3CCCC3)(c3ccoc3)CC[C@]12O. The molecule has 41 heavy (non-hydrogen) atoms. The van der Waals surface area contributed by atoms with Gasteiger partial charge in [0.2, 0.25) is 0 Å². The number of likely N-dealkylation sites (tertiary alicyclic amines) is 2. The monoisotopic (exact) mass is 568 g/mol. The van der Waals surface area contributed by atoms with Gasteiger partial charge in [-0.1, -0.05) is 13.8 Å². The number of hydrogen-bond donors (Lipinski definition) is 1. The van der Waals surface area contributed by atoms with Gasteiger partial charge < -0.3 is 28.8 Å². The first-order chi connectivity index (χ1) is 19.9. The first-order valence-corrected chi connectivity index (χ1v) is 17.3. The Hall–Kier alpha value is -0.920. The van der Waals surface area contributed by atoms with Crippen molar-refractivity contribution in [1.29, 1.82) is 0 Å². The molecule has 230 valence electrons. The Morgan fingerprint density at radius 1 is 0.854 bits per heavy atom. The van der Waals surface area contributed by atoms with E-state index in [-0.39, 0.29) is 5.41 Å². The Morgan fingerprint density at radius 2 is 1.59 bits per heavy atom. The molecule has 6 aliphatic rings. The van der Waals surface area contributed by atoms with Crippen molar-refractivity contribution in [2.45, 2.75) is 115 Å². The van der Waals surface area contributed by atoms with Crippen LogP contribution in [0.5, 0.6) is 0 Å². The highest BCUT2D eigenvalue weighted by Crippen LogP contribution is 2.72. The highest BCUT2D eigenvalue weighted by molar-refractivity contribution is 5.31. The van der Waals surface area contributed by atoms with E-state index in [1.807, 2.05) is 6.26 Å². The minimum absolute atomic E-state index is 0.310. The molecule has 1 N–H and O–H groups in total. The molecule has 0 amide bonds. The average molecular weight is 569 g/mol. The molecule has 1 aromatic heterocycles. The fraction of sp³-hybridized carbons (Fsp3) is 0.886. The number of furan rings is 1. The Bertz CT molecular complexity index is 1020. The number of aliphatic hydroxyl groups is 1. The number of fused-ring (bicyclic) bond motifs is 5. The summed E-state index contributed by atoms with van der Waals surface area (Å²) in [6.45, 7) is 13.6. The van der Waals surface area contributed by atoms with Gasteiger partial charge in [0.15, 0.2) is 0 Å². The van der Waals surface area contributed by atoms with Gasteiger partial charge in [0.1, 0.15) is 5.60 Å². The van der Waals surface area contributed by atoms with Crippen LogP contribution in [0, 0.1) is 28.6 Å². The Morgan fingerprint density at radius 3 is 2.29 bits per heavy atom. The molecule has 8 atom stereocenters. The van der Waals surface area contributed by atoms with Crippen LogP contribution in [0.4, 0.5) is 0 Å². The van der Waals surface area contributed by atoms with E-state index in [1.165, 1.54) is 84.0 Å². The highest BCUT2D eigenvalue weighted by Gasteiger charge is 2.73. The molecule has 2 aliphatic heterocycles. The van der Waals surface area contributed by atoms with Crippen LogP contribution in [0.25, 0.3) is 0 Å². The summed E-state index contributed by atoms with van der Waals surface area (Å²) in [7, 11) is 0. The zero-order chi connectivity index (χ0) is 28.1. The van der Waals surface area contributed by atoms with Gasteiger partial charge in [-0.15, -0.1) is 0 Å². The molecular formula is C35H56N2O4. The largest absolute Gasteiger partial charge is 0.472 e. The summed E-state index contributed by atoms with van der Waals surface area (Å²) in [4.78, 5) is 5.11. The topological polar surface area (TPSA) is 58.3 Å². The van der Waals surface area contributed by atoms with Crippen LogP contribution in [0.15, 0.2) is 23.0 Å². The summed E-state index contributed by atoms with van der Waals surface area (Å²) in [5.41, 5.74) is -0.0283. The van der Waals surface area contributed by atoms with Gasteiger partial charge >= 0.3 is 0 Å². The average Bonchev–Trinajstić information content (AvgIpc) is 3.79. The molecule has 3 heterocycles. The molecule has 0 spiro atoms. The predicted octanol–water partition coefficient (Wildman–Crippen LogP) is 6.23. The molecule has 6 nitrogen and oxygen atoms in total. The zero-order valence-corrected chi connectivity index (χ0v) is 26.0. The van der Waals surface area contributed by atoms with Gasteiger partial charge in [0, 0.05) is 24.1 Å². The first-order valence-electron chi connectivity index (χ1n) is 17.3. The van der Waals surface area contributed by atoms with Crippen molar-refractivity contribution >= 4 is 0 Å². The third-order valence-corrected chi connectivity index (χ3v) is 13.8. The lowest BCUT2D eigenvalue weighted by atomic mass is 9.43. The summed E-state index contributed by atoms with van der Waals surface area (Å²) in [5.74, 6) is 1.67. The summed E-state index contributed by atoms with van der Waals surface area (Å²) in [6, 6.07) is 2.11. The standard InChI is InChI=1S/C35H56N2O4/c1-32-12-9-29(40-23-20-36-16-3-4-17-36)25-27(32)7-8-31-30(32)10-13-33(2)34(31,38)14-15-35(33,28-11-22-39-26-28)41-24-21-37-18-5-6-19-37/h11,22,26-27,29-31,38H,3-10,12-21,23-25H2,1-2H3/t27-,29+,30+,31-,32+,33+,34+,35-/m1/s1. The zero-order valence-electron chi connectivity index (χ0n) is 26.0. The minimum atomic E-state index is -0.697. The summed E-state index contributed by atoms with van der Waals surface area (Å²) in [5, 5.41) is 12.9. The highest BCUT2D eigenvalue weighted by atomic mass is 16.5. The van der Waals surface area contributed by atoms with E-state index < -0.39 is 11.2 Å². The van der Waals surface area contributed by atoms with Gasteiger partial charge in [0.25, 0.3) is 0 Å². The Labute approximate surface area is 248 Å². The maximum atomic E-state index is 12.9. The molecule has 0 aromatic carbocycles. The van der Waals surface area contributed by atoms with Crippen LogP contribution >= 0.6 is 0 Å². The van der Waals surface area contributed by atoms with Crippen molar-refractivity contribution < 1.29 is 19.0 Å². The lowest BCUT2D eigenvalue weighted by Gasteiger charge is -2.64. The maximum Gasteiger partial charge on any atom is 0.104 e. The molecule has 0 unspecified atom stereocenters. The summed E-state index contributed by atoms with van der Waals surface area (Å²) in [6.07, 6.45) is 19.4. The molecule has 2 saturated heterocycles. The predicted molar refractivity (Wildman–Crippen MR) is 161 cm³/mol. The van der Waals surface area contributed by atoms with Crippen molar-refractivity contribution in [3.8, 4) is 0 Å². The van der Waals surface area contributed by atoms with Crippen LogP contribution in [0.3, 0.4) is 0 Å². The molecule has 4 aliphatic carbocycles. The normalized spacial score (nSPS) is 45.0. The van der Waals surface area contributed by atoms with Gasteiger partial charge in [-0.25, -0.2) is 0 Å². The molecule has 1 aromatic rings. The van der Waals surface area contributed by atoms with Gasteiger partial charge in [0.05, 0.1) is 37.4 Å². The second-order valence-corrected chi connectivity index (χ2v) is 15.3. The quantitative estimate of drug-likeness (QED) is 0.381. The van der Waals surface area contributed by atoms with Crippen LogP contribution < -0.4 is 0 Å². The van der Waals surface area contributed by atoms with Crippen molar-refractivity contribution in [2.24, 2.45) is 28.6 Å². The van der Waals surface area contributed by atoms with Crippen LogP contribution in [0.2, 0.25) is 0 Å². The van der Waals surface area contributed by atoms with Gasteiger partial charge in [-0.3, -0.25) is 0 Å². The van der Waals surface area contributed by atoms with E-state index in [1.54, 1.807) is 6.26 Å². The number of ether oxygens (including phenoxy) is 2. The number of hydrogen-bond acceptors (Lipinski definition) is 6. The smallest absolute Gasteiger partial charge is 0.104 e. The van der Waals surface area contributed by atoms with E-state index in [2.05, 4.69) is 29.7 Å². The molecular weight excluding hydrogens is 512 g/mol. The molecule has 7 rings (SSSR count). The van der Waals surface area contributed by atoms with E-state index in [0.29, 0.717) is 23.4 Å². The number of rotatable bonds is 9. The second kappa shape index (κ2) is 11.2. The maximum absolute atomic E-state index is 12.9. The molecule has 6 fully saturated rings. The molecule has 0 bridgehead atoms. The lowest BCUT2D eigenvalue weighted by Crippen LogP contribution is -2.65. The third kappa shape index (κ3) is 4.69. The Kier molecular flexibility index (Phi) is 7.89. The van der Waals surface area contributed by atoms with E-state index in [9.17, 15) is 5.11 Å². The van der Waals surface area contributed by atoms with Gasteiger partial charge in [-0.2, -0.15) is 0 Å². The van der Waals surface area contributed by atoms with E-state index in [4.69, 9.17) is 13.9 Å². The molecule has 4 saturated carbocycles. The first kappa shape index (κ1) is 28.8. The van der Waals surface area contributed by atoms with E-state index in [0.717, 1.165) is 63.5 Å². The number of nitrogens with zero attached hydrogens (tertiary/aromatic N) is 2. The fourth-order valence-corrected chi connectivity index (χ4v) is 11.3. The van der Waals surface area contributed by atoms with Crippen molar-refractivity contribution in [3.05, 3.63) is 24.2 Å². The minimum Gasteiger partial charge on any atom is -0.472 e. The van der Waals surface area contributed by atoms with Gasteiger partial charge in [-0.05, 0) is 139 Å². The molecule has 6 heteroatoms. The van der Waals surface area contributed by atoms with Crippen molar-refractivity contribution in [3.63, 3.8) is 0 Å². The van der Waals surface area contributed by atoms with Crippen LogP contribution in [0.1, 0.15) is 103 Å². The van der Waals surface area contributed by atoms with Crippen molar-refractivity contribution in [1.82, 2.24) is 9.80 Å². The third-order valence-electron chi connectivity index (χ3n) is 13.8. The lowest BCUT2D eigenvalue weighted by molar-refractivity contribution is -0.249. The van der Waals surface area contributed by atoms with Crippen molar-refractivity contribution in [2.75, 3.05) is 52.5 Å². The summed E-state index contributed by atoms with van der Waals surface area (Å²) >= 11 is 0. The van der Waals surface area contributed by atoms with E-state index >= 15 is 0 Å². The Balaban J connectivity index is 1.06.